The summed E-state index contributed by atoms with van der Waals surface area (Å²) in [5, 5.41) is 0. The third kappa shape index (κ3) is 4.33. The predicted octanol–water partition coefficient (Wildman–Crippen LogP) is 1.69. The second-order valence-electron chi connectivity index (χ2n) is 2.44. The van der Waals surface area contributed by atoms with Crippen molar-refractivity contribution in [1.82, 2.24) is 4.98 Å². The number of nitrogens with zero attached hydrogens (tertiary/aromatic N) is 1. The van der Waals surface area contributed by atoms with Crippen molar-refractivity contribution < 1.29 is 12.3 Å². The number of halogens is 2. The van der Waals surface area contributed by atoms with Crippen molar-refractivity contribution in [2.75, 3.05) is 5.75 Å². The van der Waals surface area contributed by atoms with Crippen molar-refractivity contribution in [3.8, 4) is 0 Å². The van der Waals surface area contributed by atoms with E-state index in [1.165, 1.54) is 0 Å². The molecule has 3 nitrogen and oxygen atoms in total. The minimum Gasteiger partial charge on any atom is -0.246 e. The zero-order valence-corrected chi connectivity index (χ0v) is 8.98. The van der Waals surface area contributed by atoms with E-state index in [-0.39, 0.29) is 6.42 Å². The van der Waals surface area contributed by atoms with Crippen LogP contribution >= 0.6 is 15.9 Å². The van der Waals surface area contributed by atoms with Gasteiger partial charge in [0, 0.05) is 12.1 Å². The fourth-order valence-electron chi connectivity index (χ4n) is 0.816. The number of pyridine rings is 1. The Morgan fingerprint density at radius 2 is 2.15 bits per heavy atom. The maximum absolute atomic E-state index is 12.1. The molecular formula is C7H7BrFNO2S. The molecule has 1 aromatic heterocycles. The van der Waals surface area contributed by atoms with Gasteiger partial charge < -0.3 is 0 Å². The Hall–Kier alpha value is -0.490. The largest absolute Gasteiger partial charge is 0.302 e. The first-order chi connectivity index (χ1) is 5.97. The Morgan fingerprint density at radius 3 is 2.69 bits per heavy atom. The molecule has 0 fully saturated rings. The van der Waals surface area contributed by atoms with Gasteiger partial charge in [0.2, 0.25) is 0 Å². The van der Waals surface area contributed by atoms with Crippen LogP contribution in [0, 0.1) is 0 Å². The molecule has 0 spiro atoms. The summed E-state index contributed by atoms with van der Waals surface area (Å²) in [7, 11) is -4.39. The topological polar surface area (TPSA) is 47.0 Å². The molecule has 72 valence electrons. The van der Waals surface area contributed by atoms with Gasteiger partial charge in [0.25, 0.3) is 0 Å². The normalized spacial score (nSPS) is 11.5. The molecule has 1 heterocycles. The minimum atomic E-state index is -4.39. The summed E-state index contributed by atoms with van der Waals surface area (Å²) in [6, 6.07) is 5.08. The Labute approximate surface area is 84.3 Å². The molecule has 0 aliphatic heterocycles. The fourth-order valence-corrected chi connectivity index (χ4v) is 1.65. The van der Waals surface area contributed by atoms with Crippen molar-refractivity contribution in [2.24, 2.45) is 0 Å². The molecule has 0 amide bonds. The molecular weight excluding hydrogens is 261 g/mol. The van der Waals surface area contributed by atoms with Crippen LogP contribution in [0.4, 0.5) is 3.89 Å². The van der Waals surface area contributed by atoms with Crippen molar-refractivity contribution in [3.05, 3.63) is 28.5 Å². The van der Waals surface area contributed by atoms with Gasteiger partial charge in [-0.15, -0.1) is 3.89 Å². The lowest BCUT2D eigenvalue weighted by molar-refractivity contribution is 0.551. The van der Waals surface area contributed by atoms with E-state index in [0.29, 0.717) is 10.3 Å². The van der Waals surface area contributed by atoms with Gasteiger partial charge in [-0.2, -0.15) is 8.42 Å². The van der Waals surface area contributed by atoms with E-state index < -0.39 is 16.0 Å². The monoisotopic (exact) mass is 267 g/mol. The molecule has 0 aliphatic rings. The highest BCUT2D eigenvalue weighted by Gasteiger charge is 2.07. The second-order valence-corrected chi connectivity index (χ2v) is 4.74. The molecule has 0 aliphatic carbocycles. The average Bonchev–Trinajstić information content (AvgIpc) is 2.00. The van der Waals surface area contributed by atoms with E-state index in [4.69, 9.17) is 0 Å². The molecule has 0 aromatic carbocycles. The highest BCUT2D eigenvalue weighted by atomic mass is 79.9. The first kappa shape index (κ1) is 10.6. The summed E-state index contributed by atoms with van der Waals surface area (Å²) in [6.45, 7) is 0. The standard InChI is InChI=1S/C7H7BrFNO2S/c8-7-3-1-2-6(10-7)4-5-13(9,11)12/h1-3H,4-5H2. The first-order valence-electron chi connectivity index (χ1n) is 3.51. The number of hydrogen-bond acceptors (Lipinski definition) is 3. The smallest absolute Gasteiger partial charge is 0.246 e. The summed E-state index contributed by atoms with van der Waals surface area (Å²) in [4.78, 5) is 3.96. The zero-order valence-electron chi connectivity index (χ0n) is 6.57. The Kier molecular flexibility index (Phi) is 3.38. The first-order valence-corrected chi connectivity index (χ1v) is 5.86. The van der Waals surface area contributed by atoms with Crippen LogP contribution in [0.25, 0.3) is 0 Å². The van der Waals surface area contributed by atoms with Gasteiger partial charge >= 0.3 is 10.2 Å². The van der Waals surface area contributed by atoms with Crippen LogP contribution in [0.5, 0.6) is 0 Å². The molecule has 0 bridgehead atoms. The van der Waals surface area contributed by atoms with Gasteiger partial charge in [0.1, 0.15) is 4.60 Å². The van der Waals surface area contributed by atoms with Gasteiger partial charge in [0.05, 0.1) is 5.75 Å². The van der Waals surface area contributed by atoms with Crippen LogP contribution in [-0.2, 0) is 16.6 Å². The van der Waals surface area contributed by atoms with Crippen LogP contribution in [0.15, 0.2) is 22.8 Å². The van der Waals surface area contributed by atoms with Crippen molar-refractivity contribution >= 4 is 26.2 Å². The van der Waals surface area contributed by atoms with Crippen molar-refractivity contribution in [1.29, 1.82) is 0 Å². The molecule has 1 rings (SSSR count). The third-order valence-corrected chi connectivity index (χ3v) is 2.51. The maximum Gasteiger partial charge on any atom is 0.302 e. The summed E-state index contributed by atoms with van der Waals surface area (Å²) in [5.41, 5.74) is 0.551. The molecule has 0 radical (unpaired) electrons. The van der Waals surface area contributed by atoms with Crippen LogP contribution in [0.1, 0.15) is 5.69 Å². The minimum absolute atomic E-state index is 0.0955. The van der Waals surface area contributed by atoms with Gasteiger partial charge in [-0.1, -0.05) is 6.07 Å². The lowest BCUT2D eigenvalue weighted by Crippen LogP contribution is -2.03. The highest BCUT2D eigenvalue weighted by Crippen LogP contribution is 2.07. The molecule has 0 saturated heterocycles. The molecule has 0 N–H and O–H groups in total. The van der Waals surface area contributed by atoms with Gasteiger partial charge in [0.15, 0.2) is 0 Å². The SMILES string of the molecule is O=S(=O)(F)CCc1cccc(Br)n1. The Balaban J connectivity index is 2.65. The summed E-state index contributed by atoms with van der Waals surface area (Å²) in [5.74, 6) is -0.517. The average molecular weight is 268 g/mol. The number of rotatable bonds is 3. The van der Waals surface area contributed by atoms with Crippen LogP contribution in [0.2, 0.25) is 0 Å². The number of aromatic nitrogens is 1. The fraction of sp³-hybridized carbons (Fsp3) is 0.286. The van der Waals surface area contributed by atoms with Gasteiger partial charge in [-0.3, -0.25) is 0 Å². The molecule has 1 aromatic rings. The molecule has 0 unspecified atom stereocenters. The summed E-state index contributed by atoms with van der Waals surface area (Å²) in [6.07, 6.45) is 0.0955. The van der Waals surface area contributed by atoms with Gasteiger partial charge in [-0.25, -0.2) is 4.98 Å². The Bertz CT molecular complexity index is 393. The summed E-state index contributed by atoms with van der Waals surface area (Å²) >= 11 is 3.13. The zero-order chi connectivity index (χ0) is 9.90. The van der Waals surface area contributed by atoms with E-state index in [0.717, 1.165) is 0 Å². The van der Waals surface area contributed by atoms with Crippen LogP contribution in [0.3, 0.4) is 0 Å². The summed E-state index contributed by atoms with van der Waals surface area (Å²) < 4.78 is 33.1. The lowest BCUT2D eigenvalue weighted by Gasteiger charge is -1.97. The highest BCUT2D eigenvalue weighted by molar-refractivity contribution is 9.10. The molecule has 13 heavy (non-hydrogen) atoms. The predicted molar refractivity (Wildman–Crippen MR) is 50.5 cm³/mol. The molecule has 6 heteroatoms. The molecule has 0 saturated carbocycles. The van der Waals surface area contributed by atoms with E-state index in [1.54, 1.807) is 18.2 Å². The van der Waals surface area contributed by atoms with E-state index >= 15 is 0 Å². The van der Waals surface area contributed by atoms with E-state index in [2.05, 4.69) is 20.9 Å². The van der Waals surface area contributed by atoms with Crippen molar-refractivity contribution in [3.63, 3.8) is 0 Å². The Morgan fingerprint density at radius 1 is 1.46 bits per heavy atom. The quantitative estimate of drug-likeness (QED) is 0.619. The van der Waals surface area contributed by atoms with Gasteiger partial charge in [-0.05, 0) is 28.1 Å². The van der Waals surface area contributed by atoms with Crippen molar-refractivity contribution in [2.45, 2.75) is 6.42 Å². The van der Waals surface area contributed by atoms with E-state index in [9.17, 15) is 12.3 Å². The maximum atomic E-state index is 12.1. The lowest BCUT2D eigenvalue weighted by atomic mass is 10.3. The molecule has 0 atom stereocenters. The second kappa shape index (κ2) is 4.15. The number of hydrogen-bond donors (Lipinski definition) is 0. The van der Waals surface area contributed by atoms with Crippen LogP contribution in [-0.4, -0.2) is 19.2 Å². The van der Waals surface area contributed by atoms with Crippen LogP contribution < -0.4 is 0 Å². The van der Waals surface area contributed by atoms with E-state index in [1.807, 2.05) is 0 Å². The third-order valence-electron chi connectivity index (χ3n) is 1.37. The number of aryl methyl sites for hydroxylation is 1.